The SMILES string of the molecule is Bc1c(O)c(OC)cc2c1C(=O)CC1C2CC[C@]2(C)C(O)CCC12. The van der Waals surface area contributed by atoms with Gasteiger partial charge in [-0.15, -0.1) is 0 Å². The highest BCUT2D eigenvalue weighted by molar-refractivity contribution is 6.39. The standard InChI is InChI=1S/C19H25BO4/c1-19-6-5-9-10(12(19)3-4-15(19)22)7-13(21)16-11(9)8-14(24-2)18(23)17(16)20/h8-10,12,15,22-23H,3-7,20H2,1-2H3/t9?,10?,12?,15?,19-/m0/s1. The van der Waals surface area contributed by atoms with Crippen LogP contribution in [0.25, 0.3) is 0 Å². The van der Waals surface area contributed by atoms with Gasteiger partial charge in [0.1, 0.15) is 7.85 Å². The third kappa shape index (κ3) is 1.94. The number of aliphatic hydroxyl groups is 1. The summed E-state index contributed by atoms with van der Waals surface area (Å²) in [6.07, 6.45) is 4.14. The van der Waals surface area contributed by atoms with Gasteiger partial charge in [0.15, 0.2) is 17.3 Å². The number of rotatable bonds is 1. The van der Waals surface area contributed by atoms with E-state index in [1.165, 1.54) is 0 Å². The summed E-state index contributed by atoms with van der Waals surface area (Å²) in [5, 5.41) is 20.7. The quantitative estimate of drug-likeness (QED) is 0.767. The second-order valence-electron chi connectivity index (χ2n) is 8.16. The number of phenolic OH excluding ortho intramolecular Hbond substituents is 1. The van der Waals surface area contributed by atoms with Gasteiger partial charge in [0.25, 0.3) is 0 Å². The lowest BCUT2D eigenvalue weighted by Gasteiger charge is -2.49. The number of carbonyl (C=O) groups excluding carboxylic acids is 1. The second-order valence-corrected chi connectivity index (χ2v) is 8.16. The zero-order valence-corrected chi connectivity index (χ0v) is 14.6. The van der Waals surface area contributed by atoms with E-state index in [1.807, 2.05) is 6.07 Å². The monoisotopic (exact) mass is 328 g/mol. The molecule has 128 valence electrons. The molecule has 0 aromatic heterocycles. The highest BCUT2D eigenvalue weighted by Gasteiger charge is 2.55. The van der Waals surface area contributed by atoms with Crippen molar-refractivity contribution in [1.82, 2.24) is 0 Å². The van der Waals surface area contributed by atoms with Gasteiger partial charge in [-0.2, -0.15) is 0 Å². The lowest BCUT2D eigenvalue weighted by atomic mass is 9.54. The van der Waals surface area contributed by atoms with Crippen molar-refractivity contribution < 1.29 is 19.7 Å². The van der Waals surface area contributed by atoms with Crippen LogP contribution >= 0.6 is 0 Å². The Hall–Kier alpha value is -1.49. The maximum atomic E-state index is 12.9. The first kappa shape index (κ1) is 16.0. The molecule has 2 fully saturated rings. The summed E-state index contributed by atoms with van der Waals surface area (Å²) >= 11 is 0. The summed E-state index contributed by atoms with van der Waals surface area (Å²) in [5.41, 5.74) is 2.35. The fourth-order valence-electron chi connectivity index (χ4n) is 5.87. The van der Waals surface area contributed by atoms with Gasteiger partial charge in [-0.3, -0.25) is 4.79 Å². The predicted molar refractivity (Wildman–Crippen MR) is 94.1 cm³/mol. The first-order valence-corrected chi connectivity index (χ1v) is 9.00. The Morgan fingerprint density at radius 1 is 1.33 bits per heavy atom. The molecule has 3 aliphatic carbocycles. The molecular weight excluding hydrogens is 303 g/mol. The lowest BCUT2D eigenvalue weighted by Crippen LogP contribution is -2.45. The van der Waals surface area contributed by atoms with Gasteiger partial charge in [0.2, 0.25) is 0 Å². The molecule has 0 heterocycles. The maximum absolute atomic E-state index is 12.9. The zero-order chi connectivity index (χ0) is 17.2. The van der Waals surface area contributed by atoms with Crippen LogP contribution < -0.4 is 10.2 Å². The van der Waals surface area contributed by atoms with Crippen LogP contribution in [0.5, 0.6) is 11.5 Å². The summed E-state index contributed by atoms with van der Waals surface area (Å²) in [6, 6.07) is 1.88. The smallest absolute Gasteiger partial charge is 0.163 e. The number of carbonyl (C=O) groups is 1. The molecule has 0 spiro atoms. The number of aliphatic hydroxyl groups excluding tert-OH is 1. The number of aromatic hydroxyl groups is 1. The molecular formula is C19H25BO4. The summed E-state index contributed by atoms with van der Waals surface area (Å²) in [6.45, 7) is 2.20. The van der Waals surface area contributed by atoms with Gasteiger partial charge in [-0.05, 0) is 65.9 Å². The second kappa shape index (κ2) is 5.25. The minimum Gasteiger partial charge on any atom is -0.505 e. The Labute approximate surface area is 143 Å². The molecule has 4 nitrogen and oxygen atoms in total. The summed E-state index contributed by atoms with van der Waals surface area (Å²) in [4.78, 5) is 12.9. The van der Waals surface area contributed by atoms with Crippen molar-refractivity contribution in [3.63, 3.8) is 0 Å². The van der Waals surface area contributed by atoms with Crippen molar-refractivity contribution in [3.05, 3.63) is 17.2 Å². The van der Waals surface area contributed by atoms with E-state index in [-0.39, 0.29) is 23.1 Å². The molecule has 24 heavy (non-hydrogen) atoms. The van der Waals surface area contributed by atoms with E-state index in [1.54, 1.807) is 15.0 Å². The Bertz CT molecular complexity index is 716. The molecule has 2 saturated carbocycles. The number of benzene rings is 1. The summed E-state index contributed by atoms with van der Waals surface area (Å²) in [7, 11) is 3.36. The number of ketones is 1. The number of phenols is 1. The molecule has 0 amide bonds. The minimum absolute atomic E-state index is 0.0466. The molecule has 2 N–H and O–H groups in total. The number of hydrogen-bond acceptors (Lipinski definition) is 4. The Balaban J connectivity index is 1.83. The van der Waals surface area contributed by atoms with Gasteiger partial charge >= 0.3 is 0 Å². The highest BCUT2D eigenvalue weighted by Crippen LogP contribution is 2.61. The maximum Gasteiger partial charge on any atom is 0.163 e. The molecule has 0 aliphatic heterocycles. The van der Waals surface area contributed by atoms with E-state index in [0.717, 1.165) is 31.2 Å². The van der Waals surface area contributed by atoms with E-state index in [4.69, 9.17) is 4.74 Å². The minimum atomic E-state index is -0.240. The number of ether oxygens (including phenoxy) is 1. The van der Waals surface area contributed by atoms with E-state index in [2.05, 4.69) is 6.92 Å². The van der Waals surface area contributed by atoms with Crippen LogP contribution in [0.4, 0.5) is 0 Å². The number of fused-ring (bicyclic) bond motifs is 5. The van der Waals surface area contributed by atoms with Crippen molar-refractivity contribution in [2.24, 2.45) is 17.3 Å². The van der Waals surface area contributed by atoms with Crippen LogP contribution in [-0.2, 0) is 0 Å². The van der Waals surface area contributed by atoms with Crippen molar-refractivity contribution in [1.29, 1.82) is 0 Å². The molecule has 0 saturated heterocycles. The van der Waals surface area contributed by atoms with Crippen LogP contribution in [0.2, 0.25) is 0 Å². The number of methoxy groups -OCH3 is 1. The highest BCUT2D eigenvalue weighted by atomic mass is 16.5. The van der Waals surface area contributed by atoms with Crippen molar-refractivity contribution in [2.75, 3.05) is 7.11 Å². The van der Waals surface area contributed by atoms with Crippen LogP contribution in [0, 0.1) is 17.3 Å². The molecule has 4 unspecified atom stereocenters. The molecule has 5 atom stereocenters. The molecule has 0 radical (unpaired) electrons. The fourth-order valence-corrected chi connectivity index (χ4v) is 5.87. The largest absolute Gasteiger partial charge is 0.505 e. The van der Waals surface area contributed by atoms with Crippen molar-refractivity contribution in [3.8, 4) is 11.5 Å². The van der Waals surface area contributed by atoms with Gasteiger partial charge in [0.05, 0.1) is 13.2 Å². The van der Waals surface area contributed by atoms with E-state index in [0.29, 0.717) is 41.0 Å². The molecule has 1 aromatic carbocycles. The molecule has 4 rings (SSSR count). The van der Waals surface area contributed by atoms with Crippen molar-refractivity contribution in [2.45, 2.75) is 51.0 Å². The zero-order valence-electron chi connectivity index (χ0n) is 14.6. The average molecular weight is 328 g/mol. The van der Waals surface area contributed by atoms with E-state index < -0.39 is 0 Å². The number of Topliss-reactive ketones (excluding diaryl/α,β-unsaturated/α-hetero) is 1. The normalized spacial score (nSPS) is 37.5. The molecule has 1 aromatic rings. The first-order valence-electron chi connectivity index (χ1n) is 9.00. The lowest BCUT2D eigenvalue weighted by molar-refractivity contribution is -0.0208. The Kier molecular flexibility index (Phi) is 3.50. The van der Waals surface area contributed by atoms with Crippen LogP contribution in [0.15, 0.2) is 6.07 Å². The van der Waals surface area contributed by atoms with E-state index in [9.17, 15) is 15.0 Å². The van der Waals surface area contributed by atoms with Gasteiger partial charge in [0, 0.05) is 12.0 Å². The van der Waals surface area contributed by atoms with Crippen LogP contribution in [0.1, 0.15) is 60.9 Å². The number of hydrogen-bond donors (Lipinski definition) is 2. The topological polar surface area (TPSA) is 66.8 Å². The Morgan fingerprint density at radius 2 is 2.08 bits per heavy atom. The van der Waals surface area contributed by atoms with Gasteiger partial charge in [-0.1, -0.05) is 6.92 Å². The summed E-state index contributed by atoms with van der Waals surface area (Å²) in [5.74, 6) is 1.71. The molecule has 5 heteroatoms. The van der Waals surface area contributed by atoms with Crippen molar-refractivity contribution >= 4 is 19.1 Å². The molecule has 3 aliphatic rings. The molecule has 0 bridgehead atoms. The average Bonchev–Trinajstić information content (AvgIpc) is 2.86. The van der Waals surface area contributed by atoms with Gasteiger partial charge < -0.3 is 14.9 Å². The van der Waals surface area contributed by atoms with Crippen LogP contribution in [-0.4, -0.2) is 37.1 Å². The van der Waals surface area contributed by atoms with Gasteiger partial charge in [-0.25, -0.2) is 0 Å². The fraction of sp³-hybridized carbons (Fsp3) is 0.632. The van der Waals surface area contributed by atoms with E-state index >= 15 is 0 Å². The predicted octanol–water partition coefficient (Wildman–Crippen LogP) is 1.52. The first-order chi connectivity index (χ1) is 11.4. The third-order valence-corrected chi connectivity index (χ3v) is 7.25. The third-order valence-electron chi connectivity index (χ3n) is 7.25. The van der Waals surface area contributed by atoms with Crippen LogP contribution in [0.3, 0.4) is 0 Å². The summed E-state index contributed by atoms with van der Waals surface area (Å²) < 4.78 is 5.33. The Morgan fingerprint density at radius 3 is 2.79 bits per heavy atom.